The lowest BCUT2D eigenvalue weighted by molar-refractivity contribution is -0.148. The van der Waals surface area contributed by atoms with Crippen LogP contribution >= 0.6 is 0 Å². The summed E-state index contributed by atoms with van der Waals surface area (Å²) in [5, 5.41) is 0. The van der Waals surface area contributed by atoms with E-state index < -0.39 is 5.97 Å². The first-order valence-electron chi connectivity index (χ1n) is 8.11. The van der Waals surface area contributed by atoms with Crippen molar-refractivity contribution in [1.82, 2.24) is 4.90 Å². The zero-order valence-corrected chi connectivity index (χ0v) is 13.5. The maximum absolute atomic E-state index is 12.4. The smallest absolute Gasteiger partial charge is 0.331 e. The predicted molar refractivity (Wildman–Crippen MR) is 83.7 cm³/mol. The summed E-state index contributed by atoms with van der Waals surface area (Å²) < 4.78 is 5.40. The summed E-state index contributed by atoms with van der Waals surface area (Å²) in [7, 11) is 0. The number of rotatable bonds is 3. The second-order valence-corrected chi connectivity index (χ2v) is 6.46. The predicted octanol–water partition coefficient (Wildman–Crippen LogP) is 2.38. The number of aryl methyl sites for hydroxylation is 2. The minimum absolute atomic E-state index is 0.210. The molecular formula is C18H21NO4. The van der Waals surface area contributed by atoms with Gasteiger partial charge in [-0.25, -0.2) is 4.79 Å². The third-order valence-corrected chi connectivity index (χ3v) is 4.84. The lowest BCUT2D eigenvalue weighted by Crippen LogP contribution is -2.37. The molecule has 0 bridgehead atoms. The quantitative estimate of drug-likeness (QED) is 0.488. The number of para-hydroxylation sites is 1. The van der Waals surface area contributed by atoms with Crippen molar-refractivity contribution in [2.75, 3.05) is 6.54 Å². The van der Waals surface area contributed by atoms with Gasteiger partial charge in [0.1, 0.15) is 12.3 Å². The number of imide groups is 1. The number of carbonyl (C=O) groups excluding carboxylic acids is 3. The molecule has 2 fully saturated rings. The van der Waals surface area contributed by atoms with E-state index in [-0.39, 0.29) is 30.2 Å². The highest BCUT2D eigenvalue weighted by Crippen LogP contribution is 2.37. The molecule has 0 N–H and O–H groups in total. The Kier molecular flexibility index (Phi) is 4.20. The number of carbonyl (C=O) groups is 3. The Morgan fingerprint density at radius 2 is 1.61 bits per heavy atom. The first-order valence-corrected chi connectivity index (χ1v) is 8.11. The van der Waals surface area contributed by atoms with E-state index in [1.54, 1.807) is 0 Å². The lowest BCUT2D eigenvalue weighted by Gasteiger charge is -2.19. The van der Waals surface area contributed by atoms with Crippen LogP contribution in [0.4, 0.5) is 0 Å². The molecular weight excluding hydrogens is 294 g/mol. The first kappa shape index (κ1) is 15.7. The highest BCUT2D eigenvalue weighted by Gasteiger charge is 2.48. The van der Waals surface area contributed by atoms with Crippen LogP contribution in [0.15, 0.2) is 18.2 Å². The fraction of sp³-hybridized carbons (Fsp3) is 0.500. The van der Waals surface area contributed by atoms with Crippen LogP contribution in [-0.4, -0.2) is 29.2 Å². The first-order chi connectivity index (χ1) is 11.0. The van der Waals surface area contributed by atoms with Crippen LogP contribution in [0.5, 0.6) is 5.75 Å². The minimum Gasteiger partial charge on any atom is -0.425 e. The molecule has 1 aromatic carbocycles. The van der Waals surface area contributed by atoms with Crippen LogP contribution in [0.2, 0.25) is 0 Å². The third-order valence-electron chi connectivity index (χ3n) is 4.84. The molecule has 23 heavy (non-hydrogen) atoms. The van der Waals surface area contributed by atoms with E-state index in [0.717, 1.165) is 41.7 Å². The van der Waals surface area contributed by atoms with E-state index in [1.807, 2.05) is 32.0 Å². The Morgan fingerprint density at radius 1 is 1.09 bits per heavy atom. The number of hydrogen-bond donors (Lipinski definition) is 0. The topological polar surface area (TPSA) is 63.7 Å². The van der Waals surface area contributed by atoms with Crippen molar-refractivity contribution in [2.24, 2.45) is 11.8 Å². The molecule has 2 aliphatic rings. The SMILES string of the molecule is Cc1cccc(C)c1OC(=O)CN1C(=O)[C@H]2CCCC[C@@H]2C1=O. The second kappa shape index (κ2) is 6.14. The summed E-state index contributed by atoms with van der Waals surface area (Å²) in [4.78, 5) is 38.0. The Balaban J connectivity index is 1.70. The fourth-order valence-corrected chi connectivity index (χ4v) is 3.62. The average molecular weight is 315 g/mol. The van der Waals surface area contributed by atoms with Crippen molar-refractivity contribution < 1.29 is 19.1 Å². The summed E-state index contributed by atoms with van der Waals surface area (Å²) in [5.74, 6) is -0.943. The Labute approximate surface area is 135 Å². The molecule has 5 nitrogen and oxygen atoms in total. The number of hydrogen-bond acceptors (Lipinski definition) is 4. The van der Waals surface area contributed by atoms with Gasteiger partial charge in [-0.15, -0.1) is 0 Å². The Hall–Kier alpha value is -2.17. The summed E-state index contributed by atoms with van der Waals surface area (Å²) in [6, 6.07) is 5.60. The minimum atomic E-state index is -0.567. The summed E-state index contributed by atoms with van der Waals surface area (Å²) in [6.07, 6.45) is 3.44. The molecule has 1 heterocycles. The van der Waals surface area contributed by atoms with Crippen molar-refractivity contribution in [2.45, 2.75) is 39.5 Å². The summed E-state index contributed by atoms with van der Waals surface area (Å²) in [6.45, 7) is 3.42. The largest absolute Gasteiger partial charge is 0.425 e. The Morgan fingerprint density at radius 3 is 2.13 bits per heavy atom. The van der Waals surface area contributed by atoms with E-state index in [1.165, 1.54) is 0 Å². The van der Waals surface area contributed by atoms with Gasteiger partial charge in [0.2, 0.25) is 11.8 Å². The van der Waals surface area contributed by atoms with E-state index >= 15 is 0 Å². The number of nitrogens with zero attached hydrogens (tertiary/aromatic N) is 1. The van der Waals surface area contributed by atoms with Crippen LogP contribution in [0, 0.1) is 25.7 Å². The monoisotopic (exact) mass is 315 g/mol. The molecule has 0 aromatic heterocycles. The second-order valence-electron chi connectivity index (χ2n) is 6.46. The van der Waals surface area contributed by atoms with Crippen LogP contribution in [0.25, 0.3) is 0 Å². The van der Waals surface area contributed by atoms with E-state index in [2.05, 4.69) is 0 Å². The zero-order chi connectivity index (χ0) is 16.6. The third kappa shape index (κ3) is 2.87. The normalized spacial score (nSPS) is 23.8. The van der Waals surface area contributed by atoms with Gasteiger partial charge in [0.05, 0.1) is 11.8 Å². The molecule has 1 aliphatic heterocycles. The van der Waals surface area contributed by atoms with Gasteiger partial charge in [0, 0.05) is 0 Å². The van der Waals surface area contributed by atoms with Crippen LogP contribution in [0.1, 0.15) is 36.8 Å². The average Bonchev–Trinajstić information content (AvgIpc) is 2.77. The molecule has 2 amide bonds. The molecule has 0 spiro atoms. The molecule has 3 rings (SSSR count). The van der Waals surface area contributed by atoms with E-state index in [9.17, 15) is 14.4 Å². The van der Waals surface area contributed by atoms with Crippen molar-refractivity contribution in [3.8, 4) is 5.75 Å². The summed E-state index contributed by atoms with van der Waals surface area (Å²) in [5.41, 5.74) is 1.71. The maximum atomic E-state index is 12.4. The van der Waals surface area contributed by atoms with Crippen LogP contribution < -0.4 is 4.74 Å². The van der Waals surface area contributed by atoms with Gasteiger partial charge in [-0.2, -0.15) is 0 Å². The van der Waals surface area contributed by atoms with Gasteiger partial charge in [0.15, 0.2) is 0 Å². The number of esters is 1. The van der Waals surface area contributed by atoms with Crippen molar-refractivity contribution in [3.05, 3.63) is 29.3 Å². The van der Waals surface area contributed by atoms with Crippen molar-refractivity contribution in [3.63, 3.8) is 0 Å². The van der Waals surface area contributed by atoms with Gasteiger partial charge >= 0.3 is 5.97 Å². The standard InChI is InChI=1S/C18H21NO4/c1-11-6-5-7-12(2)16(11)23-15(20)10-19-17(21)13-8-3-4-9-14(13)18(19)22/h5-7,13-14H,3-4,8-10H2,1-2H3/t13-,14-/m0/s1. The lowest BCUT2D eigenvalue weighted by atomic mass is 9.81. The van der Waals surface area contributed by atoms with E-state index in [4.69, 9.17) is 4.74 Å². The van der Waals surface area contributed by atoms with Crippen molar-refractivity contribution in [1.29, 1.82) is 0 Å². The van der Waals surface area contributed by atoms with Gasteiger partial charge in [0.25, 0.3) is 0 Å². The number of benzene rings is 1. The Bertz CT molecular complexity index is 623. The summed E-state index contributed by atoms with van der Waals surface area (Å²) >= 11 is 0. The van der Waals surface area contributed by atoms with Gasteiger partial charge in [-0.1, -0.05) is 31.0 Å². The zero-order valence-electron chi connectivity index (χ0n) is 13.5. The molecule has 1 saturated carbocycles. The number of fused-ring (bicyclic) bond motifs is 1. The molecule has 1 aromatic rings. The molecule has 1 aliphatic carbocycles. The molecule has 0 unspecified atom stereocenters. The van der Waals surface area contributed by atoms with Gasteiger partial charge < -0.3 is 4.74 Å². The number of likely N-dealkylation sites (tertiary alicyclic amines) is 1. The van der Waals surface area contributed by atoms with Gasteiger partial charge in [-0.3, -0.25) is 14.5 Å². The number of amides is 2. The van der Waals surface area contributed by atoms with Crippen LogP contribution in [0.3, 0.4) is 0 Å². The van der Waals surface area contributed by atoms with E-state index in [0.29, 0.717) is 5.75 Å². The number of ether oxygens (including phenoxy) is 1. The molecule has 2 atom stereocenters. The van der Waals surface area contributed by atoms with Crippen molar-refractivity contribution >= 4 is 17.8 Å². The molecule has 0 radical (unpaired) electrons. The fourth-order valence-electron chi connectivity index (χ4n) is 3.62. The van der Waals surface area contributed by atoms with Crippen LogP contribution in [-0.2, 0) is 14.4 Å². The van der Waals surface area contributed by atoms with Gasteiger partial charge in [-0.05, 0) is 37.8 Å². The maximum Gasteiger partial charge on any atom is 0.331 e. The highest BCUT2D eigenvalue weighted by molar-refractivity contribution is 6.07. The molecule has 5 heteroatoms. The molecule has 1 saturated heterocycles. The highest BCUT2D eigenvalue weighted by atomic mass is 16.5. The molecule has 122 valence electrons.